The first kappa shape index (κ1) is 22.3. The molecule has 0 aliphatic heterocycles. The molecular weight excluding hydrogens is 378 g/mol. The summed E-state index contributed by atoms with van der Waals surface area (Å²) >= 11 is 0. The third-order valence-corrected chi connectivity index (χ3v) is 7.23. The van der Waals surface area contributed by atoms with Gasteiger partial charge in [0.2, 0.25) is 5.91 Å². The third kappa shape index (κ3) is 4.71. The molecule has 0 radical (unpaired) electrons. The van der Waals surface area contributed by atoms with E-state index in [2.05, 4.69) is 15.6 Å². The van der Waals surface area contributed by atoms with E-state index in [-0.39, 0.29) is 34.2 Å². The molecule has 0 atom stereocenters. The molecule has 0 aromatic carbocycles. The first-order chi connectivity index (χ1) is 13.1. The maximum absolute atomic E-state index is 12.9. The molecule has 1 aliphatic rings. The van der Waals surface area contributed by atoms with Crippen LogP contribution in [0, 0.1) is 5.92 Å². The number of hydrogen-bond donors (Lipinski definition) is 2. The lowest BCUT2D eigenvalue weighted by molar-refractivity contribution is -0.127. The van der Waals surface area contributed by atoms with E-state index in [1.807, 2.05) is 27.7 Å². The van der Waals surface area contributed by atoms with Crippen molar-refractivity contribution >= 4 is 21.7 Å². The van der Waals surface area contributed by atoms with Crippen molar-refractivity contribution in [1.82, 2.24) is 15.6 Å². The highest BCUT2D eigenvalue weighted by molar-refractivity contribution is 7.91. The van der Waals surface area contributed by atoms with Crippen molar-refractivity contribution in [2.24, 2.45) is 5.92 Å². The Morgan fingerprint density at radius 3 is 2.29 bits per heavy atom. The smallest absolute Gasteiger partial charge is 0.270 e. The first-order valence-corrected chi connectivity index (χ1v) is 11.5. The molecule has 1 aromatic heterocycles. The highest BCUT2D eigenvalue weighted by atomic mass is 32.2. The van der Waals surface area contributed by atoms with Gasteiger partial charge in [-0.3, -0.25) is 9.59 Å². The Kier molecular flexibility index (Phi) is 6.85. The van der Waals surface area contributed by atoms with Gasteiger partial charge in [0.05, 0.1) is 5.75 Å². The van der Waals surface area contributed by atoms with Crippen LogP contribution in [-0.4, -0.2) is 43.6 Å². The highest BCUT2D eigenvalue weighted by Crippen LogP contribution is 2.42. The van der Waals surface area contributed by atoms with Gasteiger partial charge >= 0.3 is 0 Å². The summed E-state index contributed by atoms with van der Waals surface area (Å²) in [5, 5.41) is 5.37. The molecule has 0 saturated heterocycles. The van der Waals surface area contributed by atoms with Crippen LogP contribution in [0.5, 0.6) is 0 Å². The number of carbonyl (C=O) groups excluding carboxylic acids is 2. The van der Waals surface area contributed by atoms with E-state index in [0.29, 0.717) is 18.4 Å². The highest BCUT2D eigenvalue weighted by Gasteiger charge is 2.37. The number of carbonyl (C=O) groups is 2. The zero-order valence-electron chi connectivity index (χ0n) is 17.3. The number of rotatable bonds is 9. The predicted molar refractivity (Wildman–Crippen MR) is 108 cm³/mol. The van der Waals surface area contributed by atoms with Gasteiger partial charge in [-0.2, -0.15) is 0 Å². The fraction of sp³-hybridized carbons (Fsp3) is 0.650. The first-order valence-electron chi connectivity index (χ1n) is 9.88. The number of nitrogens with one attached hydrogen (secondary N) is 2. The van der Waals surface area contributed by atoms with Gasteiger partial charge in [0.25, 0.3) is 5.91 Å². The van der Waals surface area contributed by atoms with Crippen molar-refractivity contribution in [2.45, 2.75) is 69.9 Å². The minimum atomic E-state index is -3.60. The lowest BCUT2D eigenvalue weighted by atomic mass is 9.91. The predicted octanol–water partition coefficient (Wildman–Crippen LogP) is 2.42. The second kappa shape index (κ2) is 8.59. The molecule has 7 nitrogen and oxygen atoms in total. The van der Waals surface area contributed by atoms with Crippen LogP contribution in [0.1, 0.15) is 75.3 Å². The number of hydrogen-bond acceptors (Lipinski definition) is 5. The Balaban J connectivity index is 2.42. The van der Waals surface area contributed by atoms with Gasteiger partial charge in [0.15, 0.2) is 14.9 Å². The van der Waals surface area contributed by atoms with Gasteiger partial charge in [0, 0.05) is 7.05 Å². The lowest BCUT2D eigenvalue weighted by Crippen LogP contribution is -2.57. The van der Waals surface area contributed by atoms with Crippen LogP contribution in [0.4, 0.5) is 0 Å². The topological polar surface area (TPSA) is 105 Å². The Bertz CT molecular complexity index is 841. The maximum atomic E-state index is 12.9. The second-order valence-corrected chi connectivity index (χ2v) is 9.81. The Labute approximate surface area is 167 Å². The van der Waals surface area contributed by atoms with E-state index >= 15 is 0 Å². The number of amides is 2. The van der Waals surface area contributed by atoms with Gasteiger partial charge in [-0.15, -0.1) is 0 Å². The molecular formula is C20H31N3O4S. The summed E-state index contributed by atoms with van der Waals surface area (Å²) in [5.74, 6) is -0.698. The molecule has 2 N–H and O–H groups in total. The molecule has 1 heterocycles. The van der Waals surface area contributed by atoms with E-state index in [4.69, 9.17) is 0 Å². The molecule has 0 unspecified atom stereocenters. The second-order valence-electron chi connectivity index (χ2n) is 7.86. The summed E-state index contributed by atoms with van der Waals surface area (Å²) in [5.41, 5.74) is -0.345. The van der Waals surface area contributed by atoms with Crippen molar-refractivity contribution in [3.63, 3.8) is 0 Å². The minimum absolute atomic E-state index is 0.00916. The summed E-state index contributed by atoms with van der Waals surface area (Å²) in [7, 11) is -2.08. The zero-order chi connectivity index (χ0) is 21.1. The minimum Gasteiger partial charge on any atom is -0.357 e. The molecule has 0 bridgehead atoms. The lowest BCUT2D eigenvalue weighted by Gasteiger charge is -2.30. The number of pyridine rings is 1. The molecule has 28 heavy (non-hydrogen) atoms. The molecule has 0 spiro atoms. The summed E-state index contributed by atoms with van der Waals surface area (Å²) in [6.45, 7) is 7.32. The molecule has 2 rings (SSSR count). The molecule has 2 amide bonds. The standard InChI is InChI=1S/C20H31N3O4S/c1-6-20(7-2,19(25)21-5)23-17(24)16-11-10-15(14-8-9-14)18(22-16)28(26,27)12-13(3)4/h10-11,13-14H,6-9,12H2,1-5H3,(H,21,25)(H,23,24). The number of nitrogens with zero attached hydrogens (tertiary/aromatic N) is 1. The van der Waals surface area contributed by atoms with E-state index < -0.39 is 21.3 Å². The van der Waals surface area contributed by atoms with Crippen molar-refractivity contribution in [2.75, 3.05) is 12.8 Å². The van der Waals surface area contributed by atoms with Crippen LogP contribution >= 0.6 is 0 Å². The Morgan fingerprint density at radius 1 is 1.21 bits per heavy atom. The number of likely N-dealkylation sites (N-methyl/N-ethyl adjacent to an activating group) is 1. The number of sulfone groups is 1. The summed E-state index contributed by atoms with van der Waals surface area (Å²) < 4.78 is 25.7. The fourth-order valence-electron chi connectivity index (χ4n) is 3.37. The zero-order valence-corrected chi connectivity index (χ0v) is 18.1. The van der Waals surface area contributed by atoms with Crippen LogP contribution in [-0.2, 0) is 14.6 Å². The van der Waals surface area contributed by atoms with Crippen LogP contribution in [0.15, 0.2) is 17.2 Å². The van der Waals surface area contributed by atoms with Gasteiger partial charge in [-0.25, -0.2) is 13.4 Å². The molecule has 1 fully saturated rings. The van der Waals surface area contributed by atoms with Gasteiger partial charge in [-0.05, 0) is 49.1 Å². The molecule has 156 valence electrons. The molecule has 1 saturated carbocycles. The average Bonchev–Trinajstić information content (AvgIpc) is 3.49. The monoisotopic (exact) mass is 409 g/mol. The molecule has 1 aliphatic carbocycles. The maximum Gasteiger partial charge on any atom is 0.270 e. The van der Waals surface area contributed by atoms with E-state index in [1.54, 1.807) is 12.1 Å². The Morgan fingerprint density at radius 2 is 1.82 bits per heavy atom. The number of aromatic nitrogens is 1. The van der Waals surface area contributed by atoms with E-state index in [0.717, 1.165) is 12.8 Å². The van der Waals surface area contributed by atoms with Gasteiger partial charge in [0.1, 0.15) is 11.2 Å². The third-order valence-electron chi connectivity index (χ3n) is 5.21. The van der Waals surface area contributed by atoms with E-state index in [9.17, 15) is 18.0 Å². The van der Waals surface area contributed by atoms with Gasteiger partial charge in [-0.1, -0.05) is 33.8 Å². The van der Waals surface area contributed by atoms with Crippen molar-refractivity contribution in [1.29, 1.82) is 0 Å². The van der Waals surface area contributed by atoms with Crippen molar-refractivity contribution < 1.29 is 18.0 Å². The van der Waals surface area contributed by atoms with Crippen LogP contribution in [0.25, 0.3) is 0 Å². The van der Waals surface area contributed by atoms with Crippen LogP contribution < -0.4 is 10.6 Å². The van der Waals surface area contributed by atoms with Crippen LogP contribution in [0.3, 0.4) is 0 Å². The molecule has 8 heteroatoms. The normalized spacial score (nSPS) is 14.8. The average molecular weight is 410 g/mol. The van der Waals surface area contributed by atoms with Gasteiger partial charge < -0.3 is 10.6 Å². The molecule has 1 aromatic rings. The van der Waals surface area contributed by atoms with E-state index in [1.165, 1.54) is 7.05 Å². The largest absolute Gasteiger partial charge is 0.357 e. The van der Waals surface area contributed by atoms with Crippen molar-refractivity contribution in [3.05, 3.63) is 23.4 Å². The van der Waals surface area contributed by atoms with Crippen molar-refractivity contribution in [3.8, 4) is 0 Å². The van der Waals surface area contributed by atoms with Crippen LogP contribution in [0.2, 0.25) is 0 Å². The summed E-state index contributed by atoms with van der Waals surface area (Å²) in [4.78, 5) is 29.4. The SMILES string of the molecule is CCC(CC)(NC(=O)c1ccc(C2CC2)c(S(=O)(=O)CC(C)C)n1)C(=O)NC. The summed E-state index contributed by atoms with van der Waals surface area (Å²) in [6.07, 6.45) is 2.69. The quantitative estimate of drug-likeness (QED) is 0.652. The fourth-order valence-corrected chi connectivity index (χ4v) is 5.24. The summed E-state index contributed by atoms with van der Waals surface area (Å²) in [6, 6.07) is 3.25. The Hall–Kier alpha value is -1.96.